The Morgan fingerprint density at radius 3 is 2.52 bits per heavy atom. The minimum absolute atomic E-state index is 0.0292. The molecule has 1 heterocycles. The van der Waals surface area contributed by atoms with Crippen molar-refractivity contribution < 1.29 is 23.9 Å². The molecular weight excluding hydrogens is 374 g/mol. The number of carbonyl (C=O) groups is 4. The molecule has 0 aromatic heterocycles. The Labute approximate surface area is 170 Å². The van der Waals surface area contributed by atoms with Crippen LogP contribution in [0.2, 0.25) is 0 Å². The minimum Gasteiger partial charge on any atom is -0.449 e. The average Bonchev–Trinajstić information content (AvgIpc) is 2.90. The maximum absolute atomic E-state index is 12.7. The summed E-state index contributed by atoms with van der Waals surface area (Å²) in [5.41, 5.74) is 0.716. The monoisotopic (exact) mass is 401 g/mol. The summed E-state index contributed by atoms with van der Waals surface area (Å²) in [5, 5.41) is 5.43. The number of hydrogen-bond donors (Lipinski definition) is 2. The van der Waals surface area contributed by atoms with Gasteiger partial charge < -0.3 is 15.4 Å². The molecule has 3 rings (SSSR count). The standard InChI is InChI=1S/C21H27N3O5/c1-14(19(26)23-16-9-4-2-3-5-10-16)29-20(27)17-11-7-6-8-15(17)13-24-18(25)12-22-21(24)28/h6-8,11,14,16H,2-5,9-10,12-13H2,1H3,(H,22,28)(H,23,26). The Balaban J connectivity index is 1.62. The molecule has 1 saturated carbocycles. The van der Waals surface area contributed by atoms with Crippen LogP contribution < -0.4 is 10.6 Å². The third kappa shape index (κ3) is 5.34. The van der Waals surface area contributed by atoms with Gasteiger partial charge in [-0.3, -0.25) is 14.5 Å². The first-order valence-electron chi connectivity index (χ1n) is 10.1. The zero-order valence-electron chi connectivity index (χ0n) is 16.6. The lowest BCUT2D eigenvalue weighted by Crippen LogP contribution is -2.42. The van der Waals surface area contributed by atoms with Gasteiger partial charge in [0.15, 0.2) is 6.10 Å². The molecule has 8 nitrogen and oxygen atoms in total. The molecule has 2 N–H and O–H groups in total. The molecule has 0 bridgehead atoms. The quantitative estimate of drug-likeness (QED) is 0.432. The number of esters is 1. The number of benzene rings is 1. The van der Waals surface area contributed by atoms with Crippen LogP contribution in [0.1, 0.15) is 61.4 Å². The zero-order valence-corrected chi connectivity index (χ0v) is 16.6. The summed E-state index contributed by atoms with van der Waals surface area (Å²) in [5.74, 6) is -1.32. The van der Waals surface area contributed by atoms with Crippen molar-refractivity contribution in [2.45, 2.75) is 64.1 Å². The molecule has 29 heavy (non-hydrogen) atoms. The van der Waals surface area contributed by atoms with Crippen molar-refractivity contribution in [3.63, 3.8) is 0 Å². The van der Waals surface area contributed by atoms with Crippen LogP contribution in [0.15, 0.2) is 24.3 Å². The molecule has 1 atom stereocenters. The van der Waals surface area contributed by atoms with Crippen molar-refractivity contribution >= 4 is 23.8 Å². The molecule has 1 saturated heterocycles. The van der Waals surface area contributed by atoms with Crippen molar-refractivity contribution in [3.05, 3.63) is 35.4 Å². The number of ether oxygens (including phenoxy) is 1. The first-order valence-corrected chi connectivity index (χ1v) is 10.1. The molecule has 8 heteroatoms. The molecule has 4 amide bonds. The highest BCUT2D eigenvalue weighted by Crippen LogP contribution is 2.18. The predicted octanol–water partition coefficient (Wildman–Crippen LogP) is 2.12. The van der Waals surface area contributed by atoms with Crippen molar-refractivity contribution in [3.8, 4) is 0 Å². The summed E-state index contributed by atoms with van der Waals surface area (Å²) >= 11 is 0. The van der Waals surface area contributed by atoms with Crippen LogP contribution in [-0.4, -0.2) is 47.4 Å². The molecule has 0 spiro atoms. The van der Waals surface area contributed by atoms with Gasteiger partial charge >= 0.3 is 12.0 Å². The lowest BCUT2D eigenvalue weighted by atomic mass is 10.1. The van der Waals surface area contributed by atoms with E-state index < -0.39 is 18.1 Å². The van der Waals surface area contributed by atoms with E-state index in [9.17, 15) is 19.2 Å². The highest BCUT2D eigenvalue weighted by Gasteiger charge is 2.30. The van der Waals surface area contributed by atoms with Crippen molar-refractivity contribution in [2.75, 3.05) is 6.54 Å². The lowest BCUT2D eigenvalue weighted by molar-refractivity contribution is -0.130. The number of hydrogen-bond acceptors (Lipinski definition) is 5. The van der Waals surface area contributed by atoms with E-state index in [2.05, 4.69) is 10.6 Å². The predicted molar refractivity (Wildman–Crippen MR) is 105 cm³/mol. The Morgan fingerprint density at radius 2 is 1.86 bits per heavy atom. The Kier molecular flexibility index (Phi) is 6.85. The van der Waals surface area contributed by atoms with Crippen LogP contribution in [0.5, 0.6) is 0 Å². The molecule has 1 aromatic rings. The maximum atomic E-state index is 12.7. The Bertz CT molecular complexity index is 770. The second-order valence-electron chi connectivity index (χ2n) is 7.54. The molecule has 2 fully saturated rings. The topological polar surface area (TPSA) is 105 Å². The second kappa shape index (κ2) is 9.54. The summed E-state index contributed by atoms with van der Waals surface area (Å²) in [7, 11) is 0. The van der Waals surface area contributed by atoms with E-state index in [1.54, 1.807) is 31.2 Å². The van der Waals surface area contributed by atoms with E-state index in [1.165, 1.54) is 12.8 Å². The smallest absolute Gasteiger partial charge is 0.339 e. The average molecular weight is 401 g/mol. The summed E-state index contributed by atoms with van der Waals surface area (Å²) < 4.78 is 5.37. The molecule has 1 aromatic carbocycles. The SMILES string of the molecule is CC(OC(=O)c1ccccc1CN1C(=O)CNC1=O)C(=O)NC1CCCCCC1. The normalized spacial score (nSPS) is 18.7. The number of amides is 4. The number of nitrogens with one attached hydrogen (secondary N) is 2. The number of urea groups is 1. The van der Waals surface area contributed by atoms with Gasteiger partial charge in [0, 0.05) is 6.04 Å². The summed E-state index contributed by atoms with van der Waals surface area (Å²) in [6.07, 6.45) is 5.51. The lowest BCUT2D eigenvalue weighted by Gasteiger charge is -2.20. The van der Waals surface area contributed by atoms with Crippen LogP contribution in [0, 0.1) is 0 Å². The van der Waals surface area contributed by atoms with Crippen LogP contribution >= 0.6 is 0 Å². The summed E-state index contributed by atoms with van der Waals surface area (Å²) in [4.78, 5) is 49.8. The van der Waals surface area contributed by atoms with Gasteiger partial charge in [-0.05, 0) is 31.4 Å². The van der Waals surface area contributed by atoms with Gasteiger partial charge in [0.2, 0.25) is 5.91 Å². The Morgan fingerprint density at radius 1 is 1.17 bits per heavy atom. The molecule has 2 aliphatic rings. The van der Waals surface area contributed by atoms with Crippen molar-refractivity contribution in [1.82, 2.24) is 15.5 Å². The molecular formula is C21H27N3O5. The van der Waals surface area contributed by atoms with E-state index >= 15 is 0 Å². The molecule has 0 radical (unpaired) electrons. The van der Waals surface area contributed by atoms with E-state index in [-0.39, 0.29) is 36.5 Å². The van der Waals surface area contributed by atoms with Crippen LogP contribution in [0.3, 0.4) is 0 Å². The number of nitrogens with zero attached hydrogens (tertiary/aromatic N) is 1. The summed E-state index contributed by atoms with van der Waals surface area (Å²) in [6.45, 7) is 1.46. The summed E-state index contributed by atoms with van der Waals surface area (Å²) in [6, 6.07) is 6.24. The highest BCUT2D eigenvalue weighted by atomic mass is 16.5. The van der Waals surface area contributed by atoms with Gasteiger partial charge in [0.1, 0.15) is 0 Å². The van der Waals surface area contributed by atoms with Gasteiger partial charge in [-0.25, -0.2) is 9.59 Å². The Hall–Kier alpha value is -2.90. The zero-order chi connectivity index (χ0) is 20.8. The molecule has 1 aliphatic heterocycles. The molecule has 1 aliphatic carbocycles. The fourth-order valence-electron chi connectivity index (χ4n) is 3.66. The van der Waals surface area contributed by atoms with Crippen LogP contribution in [0.4, 0.5) is 4.79 Å². The van der Waals surface area contributed by atoms with E-state index in [0.717, 1.165) is 30.6 Å². The maximum Gasteiger partial charge on any atom is 0.339 e. The van der Waals surface area contributed by atoms with Crippen LogP contribution in [-0.2, 0) is 20.9 Å². The minimum atomic E-state index is -0.935. The van der Waals surface area contributed by atoms with Gasteiger partial charge in [0.25, 0.3) is 5.91 Å². The van der Waals surface area contributed by atoms with E-state index in [0.29, 0.717) is 5.56 Å². The van der Waals surface area contributed by atoms with E-state index in [1.807, 2.05) is 0 Å². The van der Waals surface area contributed by atoms with Crippen molar-refractivity contribution in [1.29, 1.82) is 0 Å². The highest BCUT2D eigenvalue weighted by molar-refractivity contribution is 6.02. The number of imide groups is 1. The first-order chi connectivity index (χ1) is 14.0. The third-order valence-corrected chi connectivity index (χ3v) is 5.36. The largest absolute Gasteiger partial charge is 0.449 e. The van der Waals surface area contributed by atoms with Gasteiger partial charge in [-0.15, -0.1) is 0 Å². The fraction of sp³-hybridized carbons (Fsp3) is 0.524. The van der Waals surface area contributed by atoms with Crippen molar-refractivity contribution in [2.24, 2.45) is 0 Å². The first kappa shape index (κ1) is 20.8. The van der Waals surface area contributed by atoms with Crippen LogP contribution in [0.25, 0.3) is 0 Å². The van der Waals surface area contributed by atoms with Gasteiger partial charge in [-0.2, -0.15) is 0 Å². The van der Waals surface area contributed by atoms with Gasteiger partial charge in [0.05, 0.1) is 18.7 Å². The fourth-order valence-corrected chi connectivity index (χ4v) is 3.66. The van der Waals surface area contributed by atoms with E-state index in [4.69, 9.17) is 4.74 Å². The second-order valence-corrected chi connectivity index (χ2v) is 7.54. The molecule has 1 unspecified atom stereocenters. The molecule has 156 valence electrons. The third-order valence-electron chi connectivity index (χ3n) is 5.36. The van der Waals surface area contributed by atoms with Gasteiger partial charge in [-0.1, -0.05) is 43.9 Å². The number of carbonyl (C=O) groups excluding carboxylic acids is 4. The number of rotatable bonds is 6.